The van der Waals surface area contributed by atoms with Crippen LogP contribution >= 0.6 is 0 Å². The molecule has 0 bridgehead atoms. The number of phenolic OH excluding ortho intramolecular Hbond substituents is 1. The Morgan fingerprint density at radius 1 is 0.900 bits per heavy atom. The number of ether oxygens (including phenoxy) is 3. The minimum atomic E-state index is 0.277. The van der Waals surface area contributed by atoms with Crippen LogP contribution in [-0.4, -0.2) is 49.9 Å². The summed E-state index contributed by atoms with van der Waals surface area (Å²) in [6, 6.07) is 17.2. The van der Waals surface area contributed by atoms with E-state index in [9.17, 15) is 5.11 Å². The zero-order valence-electron chi connectivity index (χ0n) is 17.9. The lowest BCUT2D eigenvalue weighted by molar-refractivity contribution is 0.323. The molecule has 0 radical (unpaired) electrons. The van der Waals surface area contributed by atoms with Crippen LogP contribution in [0.2, 0.25) is 0 Å². The maximum absolute atomic E-state index is 10.3. The standard InChI is InChI=1S/C24H28N2O4/c1-26(13-12-17-8-11-22(28-2)23(14-17)29-3)16-19-15-18(9-10-21(19)27)20-6-5-7-24(25-20)30-4/h5-11,14-15,27H,12-13,16H2,1-4H3. The number of hydrogen-bond acceptors (Lipinski definition) is 6. The first-order valence-electron chi connectivity index (χ1n) is 9.76. The third-order valence-corrected chi connectivity index (χ3v) is 4.98. The molecule has 3 aromatic rings. The van der Waals surface area contributed by atoms with Crippen LogP contribution in [0.25, 0.3) is 11.3 Å². The van der Waals surface area contributed by atoms with Gasteiger partial charge in [-0.3, -0.25) is 0 Å². The molecule has 3 rings (SSSR count). The van der Waals surface area contributed by atoms with E-state index in [4.69, 9.17) is 14.2 Å². The van der Waals surface area contributed by atoms with Gasteiger partial charge in [-0.15, -0.1) is 0 Å². The van der Waals surface area contributed by atoms with Crippen molar-refractivity contribution in [2.75, 3.05) is 34.9 Å². The Kier molecular flexibility index (Phi) is 7.14. The molecule has 1 heterocycles. The van der Waals surface area contributed by atoms with Crippen molar-refractivity contribution in [2.24, 2.45) is 0 Å². The quantitative estimate of drug-likeness (QED) is 0.574. The molecule has 0 spiro atoms. The molecule has 1 aromatic heterocycles. The van der Waals surface area contributed by atoms with Gasteiger partial charge in [-0.25, -0.2) is 4.98 Å². The van der Waals surface area contributed by atoms with Crippen molar-refractivity contribution in [2.45, 2.75) is 13.0 Å². The first-order chi connectivity index (χ1) is 14.5. The number of aromatic nitrogens is 1. The number of benzene rings is 2. The number of rotatable bonds is 9. The van der Waals surface area contributed by atoms with Crippen LogP contribution in [0.15, 0.2) is 54.6 Å². The van der Waals surface area contributed by atoms with Gasteiger partial charge in [-0.2, -0.15) is 0 Å². The molecule has 1 N–H and O–H groups in total. The average molecular weight is 408 g/mol. The summed E-state index contributed by atoms with van der Waals surface area (Å²) in [5.41, 5.74) is 3.77. The molecule has 0 atom stereocenters. The van der Waals surface area contributed by atoms with Gasteiger partial charge in [0.1, 0.15) is 5.75 Å². The summed E-state index contributed by atoms with van der Waals surface area (Å²) < 4.78 is 15.9. The van der Waals surface area contributed by atoms with E-state index in [0.29, 0.717) is 12.4 Å². The molecule has 0 aliphatic rings. The summed E-state index contributed by atoms with van der Waals surface area (Å²) in [4.78, 5) is 6.65. The highest BCUT2D eigenvalue weighted by Gasteiger charge is 2.10. The Balaban J connectivity index is 1.68. The molecule has 6 heteroatoms. The molecule has 0 aliphatic heterocycles. The number of pyridine rings is 1. The van der Waals surface area contributed by atoms with Gasteiger partial charge in [0, 0.05) is 30.3 Å². The van der Waals surface area contributed by atoms with Gasteiger partial charge in [0.15, 0.2) is 11.5 Å². The van der Waals surface area contributed by atoms with Crippen molar-refractivity contribution in [1.29, 1.82) is 0 Å². The van der Waals surface area contributed by atoms with E-state index in [1.807, 2.05) is 55.6 Å². The monoisotopic (exact) mass is 408 g/mol. The van der Waals surface area contributed by atoms with Crippen molar-refractivity contribution in [3.8, 4) is 34.4 Å². The summed E-state index contributed by atoms with van der Waals surface area (Å²) in [5.74, 6) is 2.30. The molecule has 30 heavy (non-hydrogen) atoms. The Labute approximate surface area is 177 Å². The van der Waals surface area contributed by atoms with E-state index in [1.54, 1.807) is 27.4 Å². The smallest absolute Gasteiger partial charge is 0.213 e. The molecule has 158 valence electrons. The maximum atomic E-state index is 10.3. The van der Waals surface area contributed by atoms with Crippen LogP contribution in [0.4, 0.5) is 0 Å². The molecule has 2 aromatic carbocycles. The highest BCUT2D eigenvalue weighted by Crippen LogP contribution is 2.29. The SMILES string of the molecule is COc1cccc(-c2ccc(O)c(CN(C)CCc3ccc(OC)c(OC)c3)c2)n1. The lowest BCUT2D eigenvalue weighted by Crippen LogP contribution is -2.20. The first-order valence-corrected chi connectivity index (χ1v) is 9.76. The van der Waals surface area contributed by atoms with E-state index >= 15 is 0 Å². The highest BCUT2D eigenvalue weighted by atomic mass is 16.5. The summed E-state index contributed by atoms with van der Waals surface area (Å²) >= 11 is 0. The van der Waals surface area contributed by atoms with Crippen molar-refractivity contribution in [3.63, 3.8) is 0 Å². The second-order valence-corrected chi connectivity index (χ2v) is 7.09. The van der Waals surface area contributed by atoms with Crippen LogP contribution in [-0.2, 0) is 13.0 Å². The van der Waals surface area contributed by atoms with Gasteiger partial charge in [0.25, 0.3) is 0 Å². The lowest BCUT2D eigenvalue weighted by atomic mass is 10.1. The molecular weight excluding hydrogens is 380 g/mol. The number of hydrogen-bond donors (Lipinski definition) is 1. The first kappa shape index (κ1) is 21.5. The minimum absolute atomic E-state index is 0.277. The molecule has 0 amide bonds. The fraction of sp³-hybridized carbons (Fsp3) is 0.292. The van der Waals surface area contributed by atoms with Gasteiger partial charge in [0.2, 0.25) is 5.88 Å². The van der Waals surface area contributed by atoms with Crippen molar-refractivity contribution in [1.82, 2.24) is 9.88 Å². The van der Waals surface area contributed by atoms with Crippen molar-refractivity contribution in [3.05, 3.63) is 65.7 Å². The number of aromatic hydroxyl groups is 1. The highest BCUT2D eigenvalue weighted by molar-refractivity contribution is 5.62. The van der Waals surface area contributed by atoms with Crippen LogP contribution < -0.4 is 14.2 Å². The third kappa shape index (κ3) is 5.21. The summed E-state index contributed by atoms with van der Waals surface area (Å²) in [6.07, 6.45) is 0.856. The number of phenols is 1. The molecule has 0 aliphatic carbocycles. The molecule has 0 unspecified atom stereocenters. The largest absolute Gasteiger partial charge is 0.508 e. The van der Waals surface area contributed by atoms with Crippen LogP contribution in [0, 0.1) is 0 Å². The van der Waals surface area contributed by atoms with Gasteiger partial charge < -0.3 is 24.2 Å². The Bertz CT molecular complexity index is 991. The van der Waals surface area contributed by atoms with Gasteiger partial charge in [-0.1, -0.05) is 12.1 Å². The van der Waals surface area contributed by atoms with Gasteiger partial charge in [-0.05, 0) is 55.4 Å². The van der Waals surface area contributed by atoms with Crippen LogP contribution in [0.1, 0.15) is 11.1 Å². The summed E-state index contributed by atoms with van der Waals surface area (Å²) in [7, 11) is 6.91. The summed E-state index contributed by atoms with van der Waals surface area (Å²) in [5, 5.41) is 10.3. The fourth-order valence-corrected chi connectivity index (χ4v) is 3.29. The predicted octanol–water partition coefficient (Wildman–Crippen LogP) is 4.15. The predicted molar refractivity (Wildman–Crippen MR) is 117 cm³/mol. The Morgan fingerprint density at radius 3 is 2.43 bits per heavy atom. The summed E-state index contributed by atoms with van der Waals surface area (Å²) in [6.45, 7) is 1.45. The van der Waals surface area contributed by atoms with Crippen molar-refractivity contribution >= 4 is 0 Å². The zero-order chi connectivity index (χ0) is 21.5. The maximum Gasteiger partial charge on any atom is 0.213 e. The molecule has 6 nitrogen and oxygen atoms in total. The fourth-order valence-electron chi connectivity index (χ4n) is 3.29. The second-order valence-electron chi connectivity index (χ2n) is 7.09. The van der Waals surface area contributed by atoms with E-state index in [-0.39, 0.29) is 5.75 Å². The minimum Gasteiger partial charge on any atom is -0.508 e. The molecule has 0 saturated heterocycles. The van der Waals surface area contributed by atoms with E-state index < -0.39 is 0 Å². The third-order valence-electron chi connectivity index (χ3n) is 4.98. The topological polar surface area (TPSA) is 64.1 Å². The number of nitrogens with zero attached hydrogens (tertiary/aromatic N) is 2. The normalized spacial score (nSPS) is 10.8. The van der Waals surface area contributed by atoms with Gasteiger partial charge >= 0.3 is 0 Å². The number of methoxy groups -OCH3 is 3. The average Bonchev–Trinajstić information content (AvgIpc) is 2.78. The second kappa shape index (κ2) is 9.98. The van der Waals surface area contributed by atoms with Gasteiger partial charge in [0.05, 0.1) is 27.0 Å². The number of likely N-dealkylation sites (N-methyl/N-ethyl adjacent to an activating group) is 1. The van der Waals surface area contributed by atoms with Crippen molar-refractivity contribution < 1.29 is 19.3 Å². The van der Waals surface area contributed by atoms with Crippen LogP contribution in [0.5, 0.6) is 23.1 Å². The molecule has 0 fully saturated rings. The molecular formula is C24H28N2O4. The Hall–Kier alpha value is -3.25. The zero-order valence-corrected chi connectivity index (χ0v) is 17.9. The Morgan fingerprint density at radius 2 is 1.70 bits per heavy atom. The van der Waals surface area contributed by atoms with Crippen LogP contribution in [0.3, 0.4) is 0 Å². The van der Waals surface area contributed by atoms with E-state index in [2.05, 4.69) is 9.88 Å². The van der Waals surface area contributed by atoms with E-state index in [0.717, 1.165) is 46.8 Å². The lowest BCUT2D eigenvalue weighted by Gasteiger charge is -2.18. The van der Waals surface area contributed by atoms with E-state index in [1.165, 1.54) is 0 Å². The molecule has 0 saturated carbocycles.